The predicted octanol–water partition coefficient (Wildman–Crippen LogP) is 1.15. The molecular formula is C25H33N8O+. The van der Waals surface area contributed by atoms with Crippen molar-refractivity contribution in [3.63, 3.8) is 0 Å². The van der Waals surface area contributed by atoms with Crippen molar-refractivity contribution in [1.82, 2.24) is 25.1 Å². The fourth-order valence-electron chi connectivity index (χ4n) is 5.11. The van der Waals surface area contributed by atoms with Gasteiger partial charge in [-0.25, -0.2) is 9.97 Å². The highest BCUT2D eigenvalue weighted by Crippen LogP contribution is 2.43. The number of anilines is 3. The Morgan fingerprint density at radius 3 is 2.53 bits per heavy atom. The summed E-state index contributed by atoms with van der Waals surface area (Å²) in [4.78, 5) is 26.0. The summed E-state index contributed by atoms with van der Waals surface area (Å²) in [5, 5.41) is 10.6. The van der Waals surface area contributed by atoms with Crippen LogP contribution in [-0.2, 0) is 18.9 Å². The summed E-state index contributed by atoms with van der Waals surface area (Å²) in [6, 6.07) is 8.45. The summed E-state index contributed by atoms with van der Waals surface area (Å²) in [5.41, 5.74) is 6.09. The maximum atomic E-state index is 12.5. The van der Waals surface area contributed by atoms with Crippen molar-refractivity contribution in [1.29, 1.82) is 0 Å². The summed E-state index contributed by atoms with van der Waals surface area (Å²) in [6.07, 6.45) is 2.63. The van der Waals surface area contributed by atoms with Gasteiger partial charge in [0.25, 0.3) is 5.91 Å². The number of nitrogens with zero attached hydrogens (tertiary/aromatic N) is 5. The van der Waals surface area contributed by atoms with Crippen LogP contribution in [0.25, 0.3) is 11.4 Å². The van der Waals surface area contributed by atoms with Gasteiger partial charge in [-0.3, -0.25) is 9.48 Å². The minimum Gasteiger partial charge on any atom is -0.360 e. The molecule has 1 aliphatic heterocycles. The highest BCUT2D eigenvalue weighted by molar-refractivity contribution is 5.96. The molecule has 1 fully saturated rings. The van der Waals surface area contributed by atoms with Crippen LogP contribution in [0.3, 0.4) is 0 Å². The molecule has 3 heterocycles. The molecule has 9 nitrogen and oxygen atoms in total. The molecule has 34 heavy (non-hydrogen) atoms. The van der Waals surface area contributed by atoms with E-state index in [1.165, 1.54) is 5.69 Å². The van der Waals surface area contributed by atoms with E-state index in [4.69, 9.17) is 4.98 Å². The monoisotopic (exact) mass is 461 g/mol. The van der Waals surface area contributed by atoms with Crippen LogP contribution in [0.15, 0.2) is 30.5 Å². The molecule has 0 unspecified atom stereocenters. The number of likely N-dealkylation sites (N-methyl/N-ethyl adjacent to an activating group) is 1. The van der Waals surface area contributed by atoms with Crippen molar-refractivity contribution in [3.8, 4) is 11.4 Å². The molecule has 1 saturated heterocycles. The van der Waals surface area contributed by atoms with E-state index < -0.39 is 0 Å². The first-order chi connectivity index (χ1) is 16.3. The van der Waals surface area contributed by atoms with E-state index in [-0.39, 0.29) is 11.3 Å². The lowest BCUT2D eigenvalue weighted by atomic mass is 9.73. The Kier molecular flexibility index (Phi) is 5.51. The van der Waals surface area contributed by atoms with E-state index in [1.54, 1.807) is 16.6 Å². The van der Waals surface area contributed by atoms with E-state index in [0.29, 0.717) is 11.6 Å². The molecule has 1 aliphatic carbocycles. The summed E-state index contributed by atoms with van der Waals surface area (Å²) >= 11 is 0. The standard InChI is InChI=1S/C25H32N8O/c1-25(2)14-16-15-27-24(29-20(16)22-19(25)21(23(34)26-3)30-32(22)5)28-17-6-8-18(9-7-17)33-12-10-31(4)11-13-33/h6-9,15H,10-14H2,1-5H3,(H,26,34)(H,27,28,29)/p+1. The maximum Gasteiger partial charge on any atom is 0.271 e. The van der Waals surface area contributed by atoms with Gasteiger partial charge in [-0.15, -0.1) is 0 Å². The first-order valence-corrected chi connectivity index (χ1v) is 11.9. The Bertz CT molecular complexity index is 1220. The molecule has 0 spiro atoms. The molecule has 2 aromatic heterocycles. The topological polar surface area (TPSA) is 92.4 Å². The highest BCUT2D eigenvalue weighted by Gasteiger charge is 2.39. The number of quaternary nitrogens is 1. The van der Waals surface area contributed by atoms with Crippen molar-refractivity contribution < 1.29 is 9.69 Å². The van der Waals surface area contributed by atoms with Crippen molar-refractivity contribution >= 4 is 23.2 Å². The number of nitrogens with one attached hydrogen (secondary N) is 3. The zero-order valence-corrected chi connectivity index (χ0v) is 20.6. The third-order valence-corrected chi connectivity index (χ3v) is 6.99. The van der Waals surface area contributed by atoms with Crippen molar-refractivity contribution in [2.75, 3.05) is 50.5 Å². The molecule has 0 radical (unpaired) electrons. The Labute approximate surface area is 200 Å². The zero-order valence-electron chi connectivity index (χ0n) is 20.6. The number of carbonyl (C=O) groups is 1. The molecule has 2 aliphatic rings. The molecule has 9 heteroatoms. The summed E-state index contributed by atoms with van der Waals surface area (Å²) < 4.78 is 1.77. The first-order valence-electron chi connectivity index (χ1n) is 11.9. The van der Waals surface area contributed by atoms with E-state index in [0.717, 1.165) is 60.8 Å². The second-order valence-corrected chi connectivity index (χ2v) is 10.0. The molecule has 1 amide bonds. The first kappa shape index (κ1) is 22.3. The van der Waals surface area contributed by atoms with E-state index in [2.05, 4.69) is 70.8 Å². The van der Waals surface area contributed by atoms with Gasteiger partial charge in [0.05, 0.1) is 44.6 Å². The largest absolute Gasteiger partial charge is 0.360 e. The fourth-order valence-corrected chi connectivity index (χ4v) is 5.11. The van der Waals surface area contributed by atoms with Crippen LogP contribution >= 0.6 is 0 Å². The van der Waals surface area contributed by atoms with Crippen LogP contribution in [0, 0.1) is 0 Å². The molecule has 1 aromatic carbocycles. The molecule has 0 bridgehead atoms. The van der Waals surface area contributed by atoms with Crippen LogP contribution in [0.5, 0.6) is 0 Å². The van der Waals surface area contributed by atoms with E-state index in [1.807, 2.05) is 13.2 Å². The fraction of sp³-hybridized carbons (Fsp3) is 0.440. The molecule has 3 aromatic rings. The van der Waals surface area contributed by atoms with E-state index in [9.17, 15) is 4.79 Å². The molecule has 0 saturated carbocycles. The van der Waals surface area contributed by atoms with Gasteiger partial charge < -0.3 is 20.4 Å². The third-order valence-electron chi connectivity index (χ3n) is 6.99. The lowest BCUT2D eigenvalue weighted by Gasteiger charge is -2.32. The summed E-state index contributed by atoms with van der Waals surface area (Å²) in [6.45, 7) is 8.76. The number of amides is 1. The van der Waals surface area contributed by atoms with Gasteiger partial charge >= 0.3 is 0 Å². The number of hydrogen-bond acceptors (Lipinski definition) is 6. The number of carbonyl (C=O) groups excluding carboxylic acids is 1. The van der Waals surface area contributed by atoms with Crippen LogP contribution in [0.1, 0.15) is 35.5 Å². The molecule has 5 rings (SSSR count). The van der Waals surface area contributed by atoms with Crippen LogP contribution in [-0.4, -0.2) is 65.9 Å². The van der Waals surface area contributed by atoms with Gasteiger partial charge in [0, 0.05) is 37.2 Å². The Morgan fingerprint density at radius 2 is 1.85 bits per heavy atom. The Morgan fingerprint density at radius 1 is 1.15 bits per heavy atom. The lowest BCUT2D eigenvalue weighted by molar-refractivity contribution is -0.880. The number of benzene rings is 1. The second-order valence-electron chi connectivity index (χ2n) is 10.0. The van der Waals surface area contributed by atoms with E-state index >= 15 is 0 Å². The lowest BCUT2D eigenvalue weighted by Crippen LogP contribution is -3.12. The summed E-state index contributed by atoms with van der Waals surface area (Å²) in [5.74, 6) is 0.352. The maximum absolute atomic E-state index is 12.5. The molecule has 0 atom stereocenters. The van der Waals surface area contributed by atoms with Gasteiger partial charge in [0.15, 0.2) is 5.69 Å². The number of rotatable bonds is 4. The van der Waals surface area contributed by atoms with Crippen molar-refractivity contribution in [3.05, 3.63) is 47.3 Å². The normalized spacial score (nSPS) is 17.1. The SMILES string of the molecule is CNC(=O)c1nn(C)c2c1C(C)(C)Cc1cnc(Nc3ccc(N4CC[NH+](C)CC4)cc3)nc1-2. The molecular weight excluding hydrogens is 428 g/mol. The Balaban J connectivity index is 1.43. The van der Waals surface area contributed by atoms with Gasteiger partial charge in [0.1, 0.15) is 0 Å². The number of hydrogen-bond donors (Lipinski definition) is 3. The second kappa shape index (κ2) is 8.39. The summed E-state index contributed by atoms with van der Waals surface area (Å²) in [7, 11) is 5.75. The van der Waals surface area contributed by atoms with Crippen LogP contribution in [0.4, 0.5) is 17.3 Å². The average molecular weight is 462 g/mol. The zero-order chi connectivity index (χ0) is 24.0. The minimum absolute atomic E-state index is 0.178. The predicted molar refractivity (Wildman–Crippen MR) is 133 cm³/mol. The van der Waals surface area contributed by atoms with Gasteiger partial charge in [-0.1, -0.05) is 13.8 Å². The van der Waals surface area contributed by atoms with Gasteiger partial charge in [-0.05, 0) is 41.7 Å². The number of fused-ring (bicyclic) bond motifs is 3. The number of aryl methyl sites for hydroxylation is 1. The van der Waals surface area contributed by atoms with Gasteiger partial charge in [-0.2, -0.15) is 5.10 Å². The minimum atomic E-state index is -0.253. The number of piperazine rings is 1. The quantitative estimate of drug-likeness (QED) is 0.540. The third kappa shape index (κ3) is 3.90. The van der Waals surface area contributed by atoms with Crippen LogP contribution < -0.4 is 20.4 Å². The van der Waals surface area contributed by atoms with Gasteiger partial charge in [0.2, 0.25) is 5.95 Å². The highest BCUT2D eigenvalue weighted by atomic mass is 16.1. The number of aromatic nitrogens is 4. The molecule has 3 N–H and O–H groups in total. The molecule has 178 valence electrons. The van der Waals surface area contributed by atoms with Crippen molar-refractivity contribution in [2.24, 2.45) is 7.05 Å². The Hall–Kier alpha value is -3.46. The average Bonchev–Trinajstić information content (AvgIpc) is 3.18. The van der Waals surface area contributed by atoms with Crippen molar-refractivity contribution in [2.45, 2.75) is 25.7 Å². The van der Waals surface area contributed by atoms with Crippen LogP contribution in [0.2, 0.25) is 0 Å². The smallest absolute Gasteiger partial charge is 0.271 e.